The Kier molecular flexibility index (Phi) is 5.86. The van der Waals surface area contributed by atoms with E-state index in [9.17, 15) is 0 Å². The molecule has 51 heavy (non-hydrogen) atoms. The highest BCUT2D eigenvalue weighted by molar-refractivity contribution is 6.18. The highest BCUT2D eigenvalue weighted by Crippen LogP contribution is 2.43. The van der Waals surface area contributed by atoms with Crippen LogP contribution in [0.3, 0.4) is 0 Å². The number of hydrogen-bond acceptors (Lipinski definition) is 6. The van der Waals surface area contributed by atoms with Gasteiger partial charge in [0.2, 0.25) is 0 Å². The largest absolute Gasteiger partial charge is 0.456 e. The molecule has 0 saturated carbocycles. The summed E-state index contributed by atoms with van der Waals surface area (Å²) < 4.78 is 19.4. The fourth-order valence-corrected chi connectivity index (χ4v) is 7.41. The van der Waals surface area contributed by atoms with Crippen molar-refractivity contribution in [3.63, 3.8) is 0 Å². The van der Waals surface area contributed by atoms with Crippen molar-refractivity contribution in [3.8, 4) is 45.3 Å². The molecule has 0 amide bonds. The molecule has 0 N–H and O–H groups in total. The minimum atomic E-state index is 0.526. The molecule has 7 aromatic carbocycles. The average molecular weight is 656 g/mol. The molecule has 6 heteroatoms. The number of furan rings is 3. The van der Waals surface area contributed by atoms with Crippen molar-refractivity contribution in [3.05, 3.63) is 152 Å². The van der Waals surface area contributed by atoms with Crippen LogP contribution in [-0.4, -0.2) is 15.0 Å². The molecule has 0 unspecified atom stereocenters. The van der Waals surface area contributed by atoms with Crippen LogP contribution in [0.25, 0.3) is 111 Å². The van der Waals surface area contributed by atoms with Crippen molar-refractivity contribution < 1.29 is 13.3 Å². The first kappa shape index (κ1) is 27.9. The van der Waals surface area contributed by atoms with E-state index in [1.807, 2.05) is 103 Å². The van der Waals surface area contributed by atoms with Gasteiger partial charge in [0.15, 0.2) is 17.5 Å². The van der Waals surface area contributed by atoms with Crippen LogP contribution in [0.2, 0.25) is 0 Å². The number of aromatic nitrogens is 3. The van der Waals surface area contributed by atoms with Gasteiger partial charge in [-0.2, -0.15) is 0 Å². The minimum absolute atomic E-state index is 0.526. The van der Waals surface area contributed by atoms with Gasteiger partial charge >= 0.3 is 0 Å². The van der Waals surface area contributed by atoms with Crippen molar-refractivity contribution in [1.29, 1.82) is 0 Å². The smallest absolute Gasteiger partial charge is 0.167 e. The van der Waals surface area contributed by atoms with Crippen molar-refractivity contribution in [2.24, 2.45) is 0 Å². The van der Waals surface area contributed by atoms with Gasteiger partial charge in [-0.05, 0) is 42.0 Å². The van der Waals surface area contributed by atoms with Crippen LogP contribution in [0.1, 0.15) is 0 Å². The lowest BCUT2D eigenvalue weighted by Gasteiger charge is -2.09. The van der Waals surface area contributed by atoms with Crippen molar-refractivity contribution in [1.82, 2.24) is 15.0 Å². The Labute approximate surface area is 290 Å². The first-order valence-electron chi connectivity index (χ1n) is 16.9. The highest BCUT2D eigenvalue weighted by Gasteiger charge is 2.21. The molecular formula is C45H25N3O3. The summed E-state index contributed by atoms with van der Waals surface area (Å²) in [5.74, 6) is 1.65. The molecule has 4 aromatic heterocycles. The van der Waals surface area contributed by atoms with E-state index in [-0.39, 0.29) is 0 Å². The summed E-state index contributed by atoms with van der Waals surface area (Å²) in [6, 6.07) is 51.0. The molecule has 6 nitrogen and oxygen atoms in total. The second-order valence-corrected chi connectivity index (χ2v) is 12.7. The van der Waals surface area contributed by atoms with E-state index in [4.69, 9.17) is 28.2 Å². The fraction of sp³-hybridized carbons (Fsp3) is 0. The zero-order chi connectivity index (χ0) is 33.5. The molecule has 0 aliphatic heterocycles. The third-order valence-electron chi connectivity index (χ3n) is 9.76. The lowest BCUT2D eigenvalue weighted by Crippen LogP contribution is -2.00. The summed E-state index contributed by atoms with van der Waals surface area (Å²) in [6.07, 6.45) is 0. The van der Waals surface area contributed by atoms with E-state index < -0.39 is 0 Å². The molecule has 11 rings (SSSR count). The summed E-state index contributed by atoms with van der Waals surface area (Å²) >= 11 is 0. The standard InChI is InChI=1S/C45H25N3O3/c1-2-11-26(12-3-1)43-46-44(27-23-24-29-28-13-4-6-20-36(28)50-39(29)25-27)48-45(47-43)35-19-9-18-33-32-17-8-16-31(41(32)51-42(33)35)30-15-10-22-38-40(30)34-14-5-7-21-37(34)49-38/h1-25H. The summed E-state index contributed by atoms with van der Waals surface area (Å²) in [6.45, 7) is 0. The van der Waals surface area contributed by atoms with Crippen LogP contribution in [0.4, 0.5) is 0 Å². The van der Waals surface area contributed by atoms with Crippen molar-refractivity contribution in [2.75, 3.05) is 0 Å². The second-order valence-electron chi connectivity index (χ2n) is 12.7. The van der Waals surface area contributed by atoms with E-state index in [1.54, 1.807) is 0 Å². The molecule has 0 spiro atoms. The van der Waals surface area contributed by atoms with Crippen LogP contribution in [0.15, 0.2) is 165 Å². The van der Waals surface area contributed by atoms with Gasteiger partial charge in [0.1, 0.15) is 33.5 Å². The predicted octanol–water partition coefficient (Wildman–Crippen LogP) is 12.2. The molecule has 238 valence electrons. The normalized spacial score (nSPS) is 11.9. The van der Waals surface area contributed by atoms with Crippen LogP contribution in [-0.2, 0) is 0 Å². The summed E-state index contributed by atoms with van der Waals surface area (Å²) in [4.78, 5) is 15.1. The van der Waals surface area contributed by atoms with Crippen molar-refractivity contribution in [2.45, 2.75) is 0 Å². The SMILES string of the molecule is c1ccc(-c2nc(-c3ccc4c(c3)oc3ccccc34)nc(-c3cccc4c3oc3c(-c5cccc6oc7ccccc7c56)cccc34)n2)cc1. The van der Waals surface area contributed by atoms with Crippen LogP contribution in [0.5, 0.6) is 0 Å². The summed E-state index contributed by atoms with van der Waals surface area (Å²) in [5, 5.41) is 6.27. The van der Waals surface area contributed by atoms with Crippen LogP contribution >= 0.6 is 0 Å². The number of para-hydroxylation sites is 4. The van der Waals surface area contributed by atoms with Crippen LogP contribution in [0, 0.1) is 0 Å². The fourth-order valence-electron chi connectivity index (χ4n) is 7.41. The van der Waals surface area contributed by atoms with Gasteiger partial charge in [-0.15, -0.1) is 0 Å². The Hall–Kier alpha value is -7.05. The molecule has 0 fully saturated rings. The van der Waals surface area contributed by atoms with Gasteiger partial charge < -0.3 is 13.3 Å². The van der Waals surface area contributed by atoms with Gasteiger partial charge in [0.25, 0.3) is 0 Å². The lowest BCUT2D eigenvalue weighted by atomic mass is 9.97. The van der Waals surface area contributed by atoms with Gasteiger partial charge in [-0.25, -0.2) is 15.0 Å². The quantitative estimate of drug-likeness (QED) is 0.188. The molecular weight excluding hydrogens is 631 g/mol. The maximum Gasteiger partial charge on any atom is 0.167 e. The first-order valence-corrected chi connectivity index (χ1v) is 16.9. The Morgan fingerprint density at radius 3 is 1.69 bits per heavy atom. The van der Waals surface area contributed by atoms with E-state index in [0.717, 1.165) is 88.0 Å². The van der Waals surface area contributed by atoms with E-state index in [0.29, 0.717) is 23.1 Å². The Bertz CT molecular complexity index is 3150. The maximum atomic E-state index is 6.90. The monoisotopic (exact) mass is 655 g/mol. The lowest BCUT2D eigenvalue weighted by molar-refractivity contribution is 0.668. The zero-order valence-electron chi connectivity index (χ0n) is 27.0. The molecule has 0 radical (unpaired) electrons. The second kappa shape index (κ2) is 10.7. The predicted molar refractivity (Wildman–Crippen MR) is 203 cm³/mol. The third kappa shape index (κ3) is 4.26. The molecule has 0 atom stereocenters. The van der Waals surface area contributed by atoms with Gasteiger partial charge in [-0.3, -0.25) is 0 Å². The van der Waals surface area contributed by atoms with Crippen molar-refractivity contribution >= 4 is 65.8 Å². The number of hydrogen-bond donors (Lipinski definition) is 0. The number of nitrogens with zero attached hydrogens (tertiary/aromatic N) is 3. The molecule has 0 aliphatic rings. The Morgan fingerprint density at radius 2 is 0.863 bits per heavy atom. The summed E-state index contributed by atoms with van der Waals surface area (Å²) in [5.41, 5.74) is 9.40. The Balaban J connectivity index is 1.13. The van der Waals surface area contributed by atoms with E-state index in [2.05, 4.69) is 48.5 Å². The van der Waals surface area contributed by atoms with Gasteiger partial charge in [-0.1, -0.05) is 115 Å². The topological polar surface area (TPSA) is 78.1 Å². The van der Waals surface area contributed by atoms with E-state index >= 15 is 0 Å². The third-order valence-corrected chi connectivity index (χ3v) is 9.76. The Morgan fingerprint density at radius 1 is 0.314 bits per heavy atom. The van der Waals surface area contributed by atoms with E-state index in [1.165, 1.54) is 0 Å². The summed E-state index contributed by atoms with van der Waals surface area (Å²) in [7, 11) is 0. The molecule has 0 aliphatic carbocycles. The average Bonchev–Trinajstić information content (AvgIpc) is 3.89. The first-order chi connectivity index (χ1) is 25.3. The maximum absolute atomic E-state index is 6.90. The number of benzene rings is 7. The van der Waals surface area contributed by atoms with Gasteiger partial charge in [0, 0.05) is 49.0 Å². The number of rotatable bonds is 4. The van der Waals surface area contributed by atoms with Crippen LogP contribution < -0.4 is 0 Å². The van der Waals surface area contributed by atoms with Gasteiger partial charge in [0.05, 0.1) is 5.56 Å². The molecule has 11 aromatic rings. The zero-order valence-corrected chi connectivity index (χ0v) is 27.0. The minimum Gasteiger partial charge on any atom is -0.456 e. The highest BCUT2D eigenvalue weighted by atomic mass is 16.3. The molecule has 4 heterocycles. The number of fused-ring (bicyclic) bond motifs is 9. The molecule has 0 bridgehead atoms. The molecule has 0 saturated heterocycles.